The number of hydrogen-bond donors (Lipinski definition) is 2. The first-order valence-electron chi connectivity index (χ1n) is 10.6. The molecule has 4 rings (SSSR count). The average molecular weight is 517 g/mol. The fourth-order valence-electron chi connectivity index (χ4n) is 3.82. The van der Waals surface area contributed by atoms with Crippen LogP contribution in [-0.2, 0) is 17.4 Å². The van der Waals surface area contributed by atoms with Gasteiger partial charge in [-0.05, 0) is 35.2 Å². The summed E-state index contributed by atoms with van der Waals surface area (Å²) in [5, 5.41) is 12.5. The van der Waals surface area contributed by atoms with E-state index in [-0.39, 0.29) is 12.2 Å². The van der Waals surface area contributed by atoms with Crippen LogP contribution in [0.2, 0.25) is 0 Å². The van der Waals surface area contributed by atoms with E-state index < -0.39 is 52.4 Å². The quantitative estimate of drug-likeness (QED) is 0.375. The molecule has 1 atom stereocenters. The highest BCUT2D eigenvalue weighted by Crippen LogP contribution is 2.29. The first-order valence-corrected chi connectivity index (χ1v) is 10.6. The van der Waals surface area contributed by atoms with Gasteiger partial charge in [-0.1, -0.05) is 24.3 Å². The van der Waals surface area contributed by atoms with E-state index in [1.54, 1.807) is 0 Å². The molecule has 0 aliphatic heterocycles. The van der Waals surface area contributed by atoms with Crippen LogP contribution in [0, 0.1) is 11.6 Å². The van der Waals surface area contributed by atoms with Crippen molar-refractivity contribution in [1.29, 1.82) is 0 Å². The summed E-state index contributed by atoms with van der Waals surface area (Å²) in [6, 6.07) is 8.41. The number of amides is 1. The molecule has 0 fully saturated rings. The van der Waals surface area contributed by atoms with Crippen LogP contribution in [0.5, 0.6) is 0 Å². The van der Waals surface area contributed by atoms with E-state index in [1.165, 1.54) is 30.5 Å². The summed E-state index contributed by atoms with van der Waals surface area (Å²) in [5.74, 6) is -5.06. The smallest absolute Gasteiger partial charge is 0.416 e. The Balaban J connectivity index is 1.71. The number of benzene rings is 2. The second-order valence-corrected chi connectivity index (χ2v) is 7.93. The van der Waals surface area contributed by atoms with Crippen LogP contribution in [0.25, 0.3) is 16.6 Å². The van der Waals surface area contributed by atoms with Gasteiger partial charge in [-0.25, -0.2) is 18.6 Å². The van der Waals surface area contributed by atoms with Gasteiger partial charge in [0, 0.05) is 30.3 Å². The van der Waals surface area contributed by atoms with E-state index in [4.69, 9.17) is 0 Å². The van der Waals surface area contributed by atoms with Gasteiger partial charge in [0.25, 0.3) is 11.5 Å². The molecule has 190 valence electrons. The van der Waals surface area contributed by atoms with E-state index >= 15 is 0 Å². The van der Waals surface area contributed by atoms with Crippen molar-refractivity contribution >= 4 is 22.6 Å². The van der Waals surface area contributed by atoms with Crippen LogP contribution >= 0.6 is 0 Å². The van der Waals surface area contributed by atoms with Gasteiger partial charge in [0.05, 0.1) is 5.56 Å². The zero-order valence-corrected chi connectivity index (χ0v) is 18.6. The molecule has 0 radical (unpaired) electrons. The number of rotatable bonds is 6. The molecule has 1 amide bonds. The number of pyridine rings is 2. The molecule has 2 N–H and O–H groups in total. The van der Waals surface area contributed by atoms with Crippen LogP contribution in [0.3, 0.4) is 0 Å². The summed E-state index contributed by atoms with van der Waals surface area (Å²) < 4.78 is 67.7. The minimum atomic E-state index is -4.71. The first kappa shape index (κ1) is 25.5. The number of halogens is 5. The van der Waals surface area contributed by atoms with Crippen LogP contribution in [-0.4, -0.2) is 32.6 Å². The van der Waals surface area contributed by atoms with Gasteiger partial charge in [-0.2, -0.15) is 13.2 Å². The third-order valence-corrected chi connectivity index (χ3v) is 5.57. The lowest BCUT2D eigenvalue weighted by molar-refractivity contribution is -0.139. The predicted octanol–water partition coefficient (Wildman–Crippen LogP) is 4.11. The Morgan fingerprint density at radius 2 is 1.68 bits per heavy atom. The van der Waals surface area contributed by atoms with E-state index in [0.717, 1.165) is 35.0 Å². The maximum Gasteiger partial charge on any atom is 0.416 e. The van der Waals surface area contributed by atoms with E-state index in [1.807, 2.05) is 0 Å². The second kappa shape index (κ2) is 9.80. The lowest BCUT2D eigenvalue weighted by Crippen LogP contribution is -2.43. The van der Waals surface area contributed by atoms with Gasteiger partial charge in [-0.15, -0.1) is 0 Å². The van der Waals surface area contributed by atoms with Gasteiger partial charge in [-0.3, -0.25) is 14.2 Å². The number of nitrogens with zero attached hydrogens (tertiary/aromatic N) is 2. The minimum absolute atomic E-state index is 0.00223. The van der Waals surface area contributed by atoms with Crippen LogP contribution in [0.1, 0.15) is 21.5 Å². The number of hydrogen-bond acceptors (Lipinski definition) is 4. The fourth-order valence-corrected chi connectivity index (χ4v) is 3.82. The molecule has 0 spiro atoms. The number of aromatic nitrogens is 2. The van der Waals surface area contributed by atoms with Gasteiger partial charge in [0.1, 0.15) is 29.1 Å². The number of carboxylic acid groups (broad SMARTS) is 1. The molecular weight excluding hydrogens is 501 g/mol. The molecule has 0 bridgehead atoms. The third-order valence-electron chi connectivity index (χ3n) is 5.57. The molecule has 12 heteroatoms. The van der Waals surface area contributed by atoms with Gasteiger partial charge >= 0.3 is 12.1 Å². The highest BCUT2D eigenvalue weighted by atomic mass is 19.4. The van der Waals surface area contributed by atoms with Crippen molar-refractivity contribution < 1.29 is 36.6 Å². The van der Waals surface area contributed by atoms with Crippen molar-refractivity contribution in [3.63, 3.8) is 0 Å². The van der Waals surface area contributed by atoms with Gasteiger partial charge < -0.3 is 10.4 Å². The van der Waals surface area contributed by atoms with Crippen LogP contribution in [0.4, 0.5) is 22.0 Å². The normalized spacial score (nSPS) is 12.4. The summed E-state index contributed by atoms with van der Waals surface area (Å²) in [5.41, 5.74) is -2.67. The van der Waals surface area contributed by atoms with Crippen molar-refractivity contribution in [1.82, 2.24) is 14.9 Å². The standard InChI is InChI=1S/C25H16F5N3O4/c26-17-5-2-6-18(27)21(17)23(35)32-19(24(36)37)11-13-3-1-4-16-15(13)7-9-31-22(16)33-10-8-14(12-20(33)34)25(28,29)30/h1-10,12,19H,11H2,(H,32,35)(H,36,37)/t19-/m0/s1. The summed E-state index contributed by atoms with van der Waals surface area (Å²) in [6.45, 7) is 0. The Kier molecular flexibility index (Phi) is 6.75. The number of alkyl halides is 3. The lowest BCUT2D eigenvalue weighted by atomic mass is 9.99. The number of aliphatic carboxylic acids is 1. The lowest BCUT2D eigenvalue weighted by Gasteiger charge is -2.17. The van der Waals surface area contributed by atoms with Crippen molar-refractivity contribution in [3.05, 3.63) is 106 Å². The number of carboxylic acids is 1. The molecule has 2 heterocycles. The Labute approximate surface area is 204 Å². The number of carbonyl (C=O) groups excluding carboxylic acids is 1. The van der Waals surface area contributed by atoms with Gasteiger partial charge in [0.15, 0.2) is 0 Å². The zero-order chi connectivity index (χ0) is 26.9. The Bertz CT molecular complexity index is 1560. The molecular formula is C25H16F5N3O4. The Hall–Kier alpha value is -4.61. The molecule has 2 aromatic carbocycles. The Morgan fingerprint density at radius 3 is 2.30 bits per heavy atom. The van der Waals surface area contributed by atoms with Gasteiger partial charge in [0.2, 0.25) is 0 Å². The third kappa shape index (κ3) is 5.17. The fraction of sp³-hybridized carbons (Fsp3) is 0.120. The molecule has 0 saturated heterocycles. The SMILES string of the molecule is O=C(N[C@@H](Cc1cccc2c(-n3ccc(C(F)(F)F)cc3=O)nccc12)C(=O)O)c1c(F)cccc1F. The van der Waals surface area contributed by atoms with E-state index in [2.05, 4.69) is 10.3 Å². The van der Waals surface area contributed by atoms with Crippen molar-refractivity contribution in [2.75, 3.05) is 0 Å². The number of fused-ring (bicyclic) bond motifs is 1. The summed E-state index contributed by atoms with van der Waals surface area (Å²) in [6.07, 6.45) is -2.81. The van der Waals surface area contributed by atoms with Crippen molar-refractivity contribution in [2.24, 2.45) is 0 Å². The highest BCUT2D eigenvalue weighted by Gasteiger charge is 2.31. The summed E-state index contributed by atoms with van der Waals surface area (Å²) in [4.78, 5) is 40.9. The second-order valence-electron chi connectivity index (χ2n) is 7.93. The topological polar surface area (TPSA) is 101 Å². The molecule has 0 aliphatic rings. The monoisotopic (exact) mass is 517 g/mol. The highest BCUT2D eigenvalue weighted by molar-refractivity contribution is 5.97. The maximum atomic E-state index is 14.0. The summed E-state index contributed by atoms with van der Waals surface area (Å²) in [7, 11) is 0. The largest absolute Gasteiger partial charge is 0.480 e. The molecule has 0 unspecified atom stereocenters. The molecule has 2 aromatic heterocycles. The number of nitrogens with one attached hydrogen (secondary N) is 1. The zero-order valence-electron chi connectivity index (χ0n) is 18.6. The van der Waals surface area contributed by atoms with E-state index in [9.17, 15) is 41.4 Å². The van der Waals surface area contributed by atoms with Crippen LogP contribution < -0.4 is 10.9 Å². The van der Waals surface area contributed by atoms with E-state index in [0.29, 0.717) is 22.4 Å². The van der Waals surface area contributed by atoms with Crippen molar-refractivity contribution in [2.45, 2.75) is 18.6 Å². The predicted molar refractivity (Wildman–Crippen MR) is 121 cm³/mol. The molecule has 37 heavy (non-hydrogen) atoms. The minimum Gasteiger partial charge on any atom is -0.480 e. The Morgan fingerprint density at radius 1 is 1.00 bits per heavy atom. The van der Waals surface area contributed by atoms with Crippen LogP contribution in [0.15, 0.2) is 71.8 Å². The summed E-state index contributed by atoms with van der Waals surface area (Å²) >= 11 is 0. The molecule has 0 aliphatic carbocycles. The maximum absolute atomic E-state index is 14.0. The average Bonchev–Trinajstić information content (AvgIpc) is 2.83. The first-order chi connectivity index (χ1) is 17.5. The molecule has 0 saturated carbocycles. The molecule has 7 nitrogen and oxygen atoms in total. The number of carbonyl (C=O) groups is 2. The van der Waals surface area contributed by atoms with Crippen molar-refractivity contribution in [3.8, 4) is 5.82 Å². The molecule has 4 aromatic rings.